The van der Waals surface area contributed by atoms with E-state index in [0.717, 1.165) is 20.7 Å². The number of anilines is 1. The zero-order chi connectivity index (χ0) is 17.0. The summed E-state index contributed by atoms with van der Waals surface area (Å²) in [4.78, 5) is 16.4. The number of benzene rings is 1. The molecule has 0 bridgehead atoms. The minimum absolute atomic E-state index is 0.0253. The van der Waals surface area contributed by atoms with Crippen LogP contribution in [0.3, 0.4) is 0 Å². The Morgan fingerprint density at radius 1 is 1.26 bits per heavy atom. The van der Waals surface area contributed by atoms with E-state index in [-0.39, 0.29) is 11.3 Å². The highest BCUT2D eigenvalue weighted by Gasteiger charge is 2.13. The van der Waals surface area contributed by atoms with Gasteiger partial charge in [0.25, 0.3) is 0 Å². The molecule has 1 heterocycles. The molecular weight excluding hydrogens is 372 g/mol. The standard InChI is InChI=1S/C18H21BrN2OS/c1-12-9-14(19)10-20-17(12)23-11-16(22)21-15-7-5-13(6-8-15)18(2,3)4/h5-10H,11H2,1-4H3,(H,21,22). The van der Waals surface area contributed by atoms with E-state index in [9.17, 15) is 4.79 Å². The van der Waals surface area contributed by atoms with Crippen LogP contribution in [0, 0.1) is 6.92 Å². The third kappa shape index (κ3) is 5.36. The van der Waals surface area contributed by atoms with Gasteiger partial charge in [0, 0.05) is 16.4 Å². The van der Waals surface area contributed by atoms with Gasteiger partial charge in [-0.3, -0.25) is 4.79 Å². The van der Waals surface area contributed by atoms with Crippen LogP contribution in [0.25, 0.3) is 0 Å². The molecule has 2 rings (SSSR count). The molecule has 0 fully saturated rings. The maximum absolute atomic E-state index is 12.1. The minimum atomic E-state index is -0.0253. The maximum atomic E-state index is 12.1. The highest BCUT2D eigenvalue weighted by molar-refractivity contribution is 9.10. The number of aryl methyl sites for hydroxylation is 1. The maximum Gasteiger partial charge on any atom is 0.234 e. The van der Waals surface area contributed by atoms with Crippen molar-refractivity contribution in [3.63, 3.8) is 0 Å². The molecule has 23 heavy (non-hydrogen) atoms. The van der Waals surface area contributed by atoms with E-state index in [1.807, 2.05) is 25.1 Å². The molecule has 122 valence electrons. The number of nitrogens with one attached hydrogen (secondary N) is 1. The Bertz CT molecular complexity index is 693. The summed E-state index contributed by atoms with van der Waals surface area (Å²) in [6.45, 7) is 8.50. The molecule has 3 nitrogen and oxygen atoms in total. The zero-order valence-electron chi connectivity index (χ0n) is 13.8. The van der Waals surface area contributed by atoms with Crippen LogP contribution in [0.1, 0.15) is 31.9 Å². The summed E-state index contributed by atoms with van der Waals surface area (Å²) in [6.07, 6.45) is 1.75. The van der Waals surface area contributed by atoms with Crippen molar-refractivity contribution in [2.75, 3.05) is 11.1 Å². The van der Waals surface area contributed by atoms with E-state index in [1.165, 1.54) is 17.3 Å². The van der Waals surface area contributed by atoms with Crippen LogP contribution in [-0.4, -0.2) is 16.6 Å². The van der Waals surface area contributed by atoms with E-state index in [1.54, 1.807) is 6.20 Å². The van der Waals surface area contributed by atoms with Gasteiger partial charge in [0.2, 0.25) is 5.91 Å². The van der Waals surface area contributed by atoms with Crippen LogP contribution < -0.4 is 5.32 Å². The third-order valence-electron chi connectivity index (χ3n) is 3.37. The van der Waals surface area contributed by atoms with E-state index in [2.05, 4.69) is 59.1 Å². The van der Waals surface area contributed by atoms with Crippen LogP contribution >= 0.6 is 27.7 Å². The minimum Gasteiger partial charge on any atom is -0.325 e. The average Bonchev–Trinajstić information content (AvgIpc) is 2.46. The van der Waals surface area contributed by atoms with E-state index < -0.39 is 0 Å². The van der Waals surface area contributed by atoms with Crippen molar-refractivity contribution in [2.24, 2.45) is 0 Å². The lowest BCUT2D eigenvalue weighted by molar-refractivity contribution is -0.113. The number of pyridine rings is 1. The van der Waals surface area contributed by atoms with Gasteiger partial charge in [0.05, 0.1) is 10.8 Å². The molecule has 1 aromatic heterocycles. The van der Waals surface area contributed by atoms with Crippen LogP contribution in [0.15, 0.2) is 46.0 Å². The molecule has 0 saturated heterocycles. The quantitative estimate of drug-likeness (QED) is 0.728. The number of hydrogen-bond acceptors (Lipinski definition) is 3. The number of rotatable bonds is 4. The first kappa shape index (κ1) is 18.0. The average molecular weight is 393 g/mol. The molecule has 0 aliphatic heterocycles. The SMILES string of the molecule is Cc1cc(Br)cnc1SCC(=O)Nc1ccc(C(C)(C)C)cc1. The van der Waals surface area contributed by atoms with E-state index in [4.69, 9.17) is 0 Å². The van der Waals surface area contributed by atoms with Crippen molar-refractivity contribution >= 4 is 39.3 Å². The first-order valence-electron chi connectivity index (χ1n) is 7.41. The molecule has 0 atom stereocenters. The molecule has 0 radical (unpaired) electrons. The molecule has 0 unspecified atom stereocenters. The summed E-state index contributed by atoms with van der Waals surface area (Å²) in [5, 5.41) is 3.81. The van der Waals surface area contributed by atoms with E-state index >= 15 is 0 Å². The Hall–Kier alpha value is -1.33. The fraction of sp³-hybridized carbons (Fsp3) is 0.333. The lowest BCUT2D eigenvalue weighted by Crippen LogP contribution is -2.15. The molecule has 1 amide bonds. The van der Waals surface area contributed by atoms with Crippen LogP contribution in [0.5, 0.6) is 0 Å². The first-order chi connectivity index (χ1) is 10.8. The Labute approximate surface area is 150 Å². The highest BCUT2D eigenvalue weighted by atomic mass is 79.9. The molecule has 2 aromatic rings. The molecular formula is C18H21BrN2OS. The summed E-state index contributed by atoms with van der Waals surface area (Å²) < 4.78 is 0.947. The predicted molar refractivity (Wildman–Crippen MR) is 101 cm³/mol. The number of amides is 1. The summed E-state index contributed by atoms with van der Waals surface area (Å²) in [7, 11) is 0. The van der Waals surface area contributed by atoms with Gasteiger partial charge < -0.3 is 5.32 Å². The van der Waals surface area contributed by atoms with Gasteiger partial charge in [-0.2, -0.15) is 0 Å². The van der Waals surface area contributed by atoms with Gasteiger partial charge in [-0.1, -0.05) is 44.7 Å². The molecule has 0 spiro atoms. The lowest BCUT2D eigenvalue weighted by Gasteiger charge is -2.19. The third-order valence-corrected chi connectivity index (χ3v) is 4.91. The smallest absolute Gasteiger partial charge is 0.234 e. The number of nitrogens with zero attached hydrogens (tertiary/aromatic N) is 1. The summed E-state index contributed by atoms with van der Waals surface area (Å²) >= 11 is 4.84. The van der Waals surface area contributed by atoms with Crippen molar-refractivity contribution in [1.82, 2.24) is 4.98 Å². The van der Waals surface area contributed by atoms with Gasteiger partial charge in [-0.15, -0.1) is 0 Å². The van der Waals surface area contributed by atoms with Crippen molar-refractivity contribution < 1.29 is 4.79 Å². The fourth-order valence-electron chi connectivity index (χ4n) is 2.06. The number of hydrogen-bond donors (Lipinski definition) is 1. The Balaban J connectivity index is 1.92. The van der Waals surface area contributed by atoms with Crippen LogP contribution in [-0.2, 0) is 10.2 Å². The van der Waals surface area contributed by atoms with Gasteiger partial charge in [0.15, 0.2) is 0 Å². The molecule has 0 aliphatic rings. The number of thioether (sulfide) groups is 1. The zero-order valence-corrected chi connectivity index (χ0v) is 16.2. The number of aromatic nitrogens is 1. The van der Waals surface area contributed by atoms with E-state index in [0.29, 0.717) is 5.75 Å². The summed E-state index contributed by atoms with van der Waals surface area (Å²) in [5.41, 5.74) is 3.25. The molecule has 0 saturated carbocycles. The van der Waals surface area contributed by atoms with Gasteiger partial charge in [-0.25, -0.2) is 4.98 Å². The van der Waals surface area contributed by atoms with Crippen molar-refractivity contribution in [1.29, 1.82) is 0 Å². The van der Waals surface area contributed by atoms with Crippen molar-refractivity contribution in [3.05, 3.63) is 52.1 Å². The normalized spacial score (nSPS) is 11.3. The van der Waals surface area contributed by atoms with Crippen molar-refractivity contribution in [2.45, 2.75) is 38.1 Å². The molecule has 5 heteroatoms. The van der Waals surface area contributed by atoms with Crippen LogP contribution in [0.2, 0.25) is 0 Å². The van der Waals surface area contributed by atoms with Crippen molar-refractivity contribution in [3.8, 4) is 0 Å². The largest absolute Gasteiger partial charge is 0.325 e. The topological polar surface area (TPSA) is 42.0 Å². The molecule has 0 aliphatic carbocycles. The summed E-state index contributed by atoms with van der Waals surface area (Å²) in [5.74, 6) is 0.318. The van der Waals surface area contributed by atoms with Gasteiger partial charge in [0.1, 0.15) is 0 Å². The molecule has 1 N–H and O–H groups in total. The second kappa shape index (κ2) is 7.49. The number of halogens is 1. The highest BCUT2D eigenvalue weighted by Crippen LogP contribution is 2.24. The Morgan fingerprint density at radius 3 is 2.48 bits per heavy atom. The Morgan fingerprint density at radius 2 is 1.91 bits per heavy atom. The first-order valence-corrected chi connectivity index (χ1v) is 9.19. The number of carbonyl (C=O) groups is 1. The number of carbonyl (C=O) groups excluding carboxylic acids is 1. The molecule has 1 aromatic carbocycles. The van der Waals surface area contributed by atoms with Gasteiger partial charge in [-0.05, 0) is 57.6 Å². The van der Waals surface area contributed by atoms with Gasteiger partial charge >= 0.3 is 0 Å². The Kier molecular flexibility index (Phi) is 5.87. The summed E-state index contributed by atoms with van der Waals surface area (Å²) in [6, 6.07) is 10.0. The fourth-order valence-corrected chi connectivity index (χ4v) is 3.26. The monoisotopic (exact) mass is 392 g/mol. The second-order valence-electron chi connectivity index (χ2n) is 6.44. The van der Waals surface area contributed by atoms with Crippen LogP contribution in [0.4, 0.5) is 5.69 Å². The lowest BCUT2D eigenvalue weighted by atomic mass is 9.87. The predicted octanol–water partition coefficient (Wildman–Crippen LogP) is 5.18. The second-order valence-corrected chi connectivity index (χ2v) is 8.32.